The SMILES string of the molecule is COc1ccc2c(n1)C1(CO2)c2ccccc2-n2cncc21. The number of pyridine rings is 1. The first-order chi connectivity index (χ1) is 10.8. The molecule has 5 nitrogen and oxygen atoms in total. The molecular formula is C17H13N3O2. The van der Waals surface area contributed by atoms with Crippen molar-refractivity contribution < 1.29 is 9.47 Å². The maximum Gasteiger partial charge on any atom is 0.213 e. The van der Waals surface area contributed by atoms with E-state index in [-0.39, 0.29) is 0 Å². The predicted octanol–water partition coefficient (Wildman–Crippen LogP) is 2.32. The fourth-order valence-corrected chi connectivity index (χ4v) is 3.60. The highest BCUT2D eigenvalue weighted by atomic mass is 16.5. The van der Waals surface area contributed by atoms with Crippen molar-refractivity contribution in [2.75, 3.05) is 13.7 Å². The van der Waals surface area contributed by atoms with Crippen molar-refractivity contribution in [1.82, 2.24) is 14.5 Å². The van der Waals surface area contributed by atoms with E-state index in [0.29, 0.717) is 12.5 Å². The lowest BCUT2D eigenvalue weighted by Crippen LogP contribution is -2.29. The van der Waals surface area contributed by atoms with Crippen LogP contribution in [0.25, 0.3) is 5.69 Å². The smallest absolute Gasteiger partial charge is 0.213 e. The van der Waals surface area contributed by atoms with Crippen molar-refractivity contribution in [2.24, 2.45) is 0 Å². The minimum atomic E-state index is -0.406. The molecule has 0 fully saturated rings. The molecule has 5 rings (SSSR count). The average molecular weight is 291 g/mol. The second-order valence-corrected chi connectivity index (χ2v) is 5.56. The summed E-state index contributed by atoms with van der Waals surface area (Å²) in [6.07, 6.45) is 3.75. The third kappa shape index (κ3) is 1.20. The number of rotatable bonds is 1. The van der Waals surface area contributed by atoms with Crippen LogP contribution in [0.15, 0.2) is 48.9 Å². The summed E-state index contributed by atoms with van der Waals surface area (Å²) in [5.41, 5.74) is 3.92. The Hall–Kier alpha value is -2.82. The highest BCUT2D eigenvalue weighted by Gasteiger charge is 2.52. The van der Waals surface area contributed by atoms with Gasteiger partial charge in [-0.3, -0.25) is 0 Å². The number of hydrogen-bond acceptors (Lipinski definition) is 4. The topological polar surface area (TPSA) is 49.2 Å². The van der Waals surface area contributed by atoms with E-state index in [9.17, 15) is 0 Å². The molecule has 1 aromatic carbocycles. The van der Waals surface area contributed by atoms with Gasteiger partial charge in [0.05, 0.1) is 24.8 Å². The number of ether oxygens (including phenoxy) is 2. The maximum absolute atomic E-state index is 5.96. The van der Waals surface area contributed by atoms with Gasteiger partial charge >= 0.3 is 0 Å². The minimum Gasteiger partial charge on any atom is -0.490 e. The van der Waals surface area contributed by atoms with Crippen LogP contribution in [0.3, 0.4) is 0 Å². The summed E-state index contributed by atoms with van der Waals surface area (Å²) < 4.78 is 13.4. The molecule has 1 spiro atoms. The van der Waals surface area contributed by atoms with Crippen molar-refractivity contribution in [3.8, 4) is 17.3 Å². The van der Waals surface area contributed by atoms with E-state index in [4.69, 9.17) is 14.5 Å². The van der Waals surface area contributed by atoms with Crippen LogP contribution < -0.4 is 9.47 Å². The van der Waals surface area contributed by atoms with Crippen LogP contribution in [0, 0.1) is 0 Å². The Morgan fingerprint density at radius 3 is 3.05 bits per heavy atom. The molecule has 5 heteroatoms. The zero-order valence-electron chi connectivity index (χ0n) is 12.0. The second kappa shape index (κ2) is 3.88. The van der Waals surface area contributed by atoms with Crippen LogP contribution in [-0.4, -0.2) is 28.3 Å². The van der Waals surface area contributed by atoms with E-state index in [1.807, 2.05) is 30.7 Å². The fraction of sp³-hybridized carbons (Fsp3) is 0.176. The summed E-state index contributed by atoms with van der Waals surface area (Å²) in [4.78, 5) is 9.02. The van der Waals surface area contributed by atoms with Gasteiger partial charge in [0.25, 0.3) is 0 Å². The Labute approximate surface area is 127 Å². The normalized spacial score (nSPS) is 20.4. The first-order valence-corrected chi connectivity index (χ1v) is 7.15. The van der Waals surface area contributed by atoms with Gasteiger partial charge in [-0.1, -0.05) is 18.2 Å². The summed E-state index contributed by atoms with van der Waals surface area (Å²) >= 11 is 0. The Bertz CT molecular complexity index is 902. The molecule has 0 radical (unpaired) electrons. The highest BCUT2D eigenvalue weighted by molar-refractivity contribution is 5.65. The Morgan fingerprint density at radius 1 is 1.23 bits per heavy atom. The molecule has 22 heavy (non-hydrogen) atoms. The fourth-order valence-electron chi connectivity index (χ4n) is 3.60. The summed E-state index contributed by atoms with van der Waals surface area (Å²) in [5.74, 6) is 1.41. The molecule has 1 unspecified atom stereocenters. The predicted molar refractivity (Wildman–Crippen MR) is 79.7 cm³/mol. The van der Waals surface area contributed by atoms with Crippen LogP contribution in [-0.2, 0) is 5.41 Å². The molecule has 2 aliphatic rings. The summed E-state index contributed by atoms with van der Waals surface area (Å²) in [6.45, 7) is 0.533. The van der Waals surface area contributed by atoms with Gasteiger partial charge in [0.2, 0.25) is 5.88 Å². The van der Waals surface area contributed by atoms with Crippen LogP contribution in [0.4, 0.5) is 0 Å². The van der Waals surface area contributed by atoms with E-state index >= 15 is 0 Å². The molecule has 4 heterocycles. The second-order valence-electron chi connectivity index (χ2n) is 5.56. The van der Waals surface area contributed by atoms with Gasteiger partial charge < -0.3 is 14.0 Å². The molecular weight excluding hydrogens is 278 g/mol. The summed E-state index contributed by atoms with van der Waals surface area (Å²) in [5, 5.41) is 0. The van der Waals surface area contributed by atoms with E-state index in [1.54, 1.807) is 7.11 Å². The third-order valence-electron chi connectivity index (χ3n) is 4.59. The lowest BCUT2D eigenvalue weighted by atomic mass is 9.78. The first kappa shape index (κ1) is 11.8. The van der Waals surface area contributed by atoms with E-state index in [1.165, 1.54) is 5.56 Å². The molecule has 2 aliphatic heterocycles. The number of methoxy groups -OCH3 is 1. The number of para-hydroxylation sites is 1. The Balaban J connectivity index is 1.88. The third-order valence-corrected chi connectivity index (χ3v) is 4.59. The summed E-state index contributed by atoms with van der Waals surface area (Å²) in [7, 11) is 1.63. The van der Waals surface area contributed by atoms with Gasteiger partial charge in [-0.15, -0.1) is 0 Å². The monoisotopic (exact) mass is 291 g/mol. The average Bonchev–Trinajstić information content (AvgIpc) is 3.24. The molecule has 108 valence electrons. The van der Waals surface area contributed by atoms with Crippen molar-refractivity contribution >= 4 is 0 Å². The molecule has 0 saturated heterocycles. The number of fused-ring (bicyclic) bond motifs is 7. The molecule has 2 aromatic heterocycles. The first-order valence-electron chi connectivity index (χ1n) is 7.15. The van der Waals surface area contributed by atoms with Crippen LogP contribution in [0.5, 0.6) is 11.6 Å². The summed E-state index contributed by atoms with van der Waals surface area (Å²) in [6, 6.07) is 12.1. The highest BCUT2D eigenvalue weighted by Crippen LogP contribution is 2.52. The van der Waals surface area contributed by atoms with Crippen molar-refractivity contribution in [1.29, 1.82) is 0 Å². The van der Waals surface area contributed by atoms with Gasteiger partial charge in [-0.2, -0.15) is 0 Å². The molecule has 0 saturated carbocycles. The molecule has 0 N–H and O–H groups in total. The van der Waals surface area contributed by atoms with Gasteiger partial charge in [0.1, 0.15) is 23.5 Å². The number of benzene rings is 1. The van der Waals surface area contributed by atoms with E-state index < -0.39 is 5.41 Å². The number of hydrogen-bond donors (Lipinski definition) is 0. The molecule has 0 bridgehead atoms. The van der Waals surface area contributed by atoms with Crippen LogP contribution >= 0.6 is 0 Å². The van der Waals surface area contributed by atoms with Gasteiger partial charge in [0, 0.05) is 12.3 Å². The minimum absolute atomic E-state index is 0.406. The lowest BCUT2D eigenvalue weighted by molar-refractivity contribution is 0.313. The zero-order chi connectivity index (χ0) is 14.7. The van der Waals surface area contributed by atoms with Gasteiger partial charge in [-0.05, 0) is 17.7 Å². The van der Waals surface area contributed by atoms with Gasteiger partial charge in [-0.25, -0.2) is 9.97 Å². The van der Waals surface area contributed by atoms with E-state index in [0.717, 1.165) is 22.8 Å². The standard InChI is InChI=1S/C17H13N3O2/c1-21-15-7-6-13-16(19-15)17(9-22-13)11-4-2-3-5-12(11)20-10-18-8-14(17)20/h2-8,10H,9H2,1H3. The molecule has 3 aromatic rings. The molecule has 1 atom stereocenters. The Kier molecular flexibility index (Phi) is 2.08. The van der Waals surface area contributed by atoms with Crippen LogP contribution in [0.1, 0.15) is 17.0 Å². The number of imidazole rings is 1. The van der Waals surface area contributed by atoms with Crippen molar-refractivity contribution in [3.05, 3.63) is 65.9 Å². The Morgan fingerprint density at radius 2 is 2.14 bits per heavy atom. The van der Waals surface area contributed by atoms with Crippen molar-refractivity contribution in [2.45, 2.75) is 5.41 Å². The largest absolute Gasteiger partial charge is 0.490 e. The van der Waals surface area contributed by atoms with Gasteiger partial charge in [0.15, 0.2) is 0 Å². The maximum atomic E-state index is 5.96. The van der Waals surface area contributed by atoms with Crippen molar-refractivity contribution in [3.63, 3.8) is 0 Å². The quantitative estimate of drug-likeness (QED) is 0.690. The number of nitrogens with zero attached hydrogens (tertiary/aromatic N) is 3. The van der Waals surface area contributed by atoms with E-state index in [2.05, 4.69) is 27.8 Å². The van der Waals surface area contributed by atoms with Crippen LogP contribution in [0.2, 0.25) is 0 Å². The lowest BCUT2D eigenvalue weighted by Gasteiger charge is -2.22. The number of aromatic nitrogens is 3. The molecule has 0 aliphatic carbocycles. The molecule has 0 amide bonds. The zero-order valence-corrected chi connectivity index (χ0v) is 12.0.